The van der Waals surface area contributed by atoms with E-state index in [2.05, 4.69) is 23.4 Å². The number of nitrogen functional groups attached to an aromatic ring is 1. The molecule has 2 N–H and O–H groups in total. The average Bonchev–Trinajstić information content (AvgIpc) is 3.03. The molecule has 0 unspecified atom stereocenters. The summed E-state index contributed by atoms with van der Waals surface area (Å²) < 4.78 is 13.5. The minimum Gasteiger partial charge on any atom is -0.494 e. The maximum absolute atomic E-state index is 6.06. The fraction of sp³-hybridized carbons (Fsp3) is 0.389. The normalized spacial score (nSPS) is 26.2. The minimum absolute atomic E-state index is 0.165. The number of rotatable bonds is 3. The van der Waals surface area contributed by atoms with Crippen LogP contribution < -0.4 is 10.5 Å². The van der Waals surface area contributed by atoms with Crippen LogP contribution >= 0.6 is 0 Å². The number of hydrogen-bond acceptors (Lipinski definition) is 4. The first-order valence-electron chi connectivity index (χ1n) is 8.02. The van der Waals surface area contributed by atoms with Crippen LogP contribution in [0.2, 0.25) is 0 Å². The van der Waals surface area contributed by atoms with Crippen molar-refractivity contribution in [3.05, 3.63) is 42.7 Å². The fourth-order valence-electron chi connectivity index (χ4n) is 3.58. The van der Waals surface area contributed by atoms with E-state index in [1.54, 1.807) is 7.11 Å². The van der Waals surface area contributed by atoms with Crippen LogP contribution in [0, 0.1) is 0 Å². The second-order valence-electron chi connectivity index (χ2n) is 6.19. The molecule has 2 heterocycles. The molecule has 0 bridgehead atoms. The summed E-state index contributed by atoms with van der Waals surface area (Å²) in [4.78, 5) is 0. The summed E-state index contributed by atoms with van der Waals surface area (Å²) in [5, 5.41) is 4.58. The molecule has 23 heavy (non-hydrogen) atoms. The Morgan fingerprint density at radius 2 is 2.35 bits per heavy atom. The number of benzene rings is 1. The van der Waals surface area contributed by atoms with E-state index in [1.807, 2.05) is 29.1 Å². The molecular weight excluding hydrogens is 290 g/mol. The molecule has 1 fully saturated rings. The van der Waals surface area contributed by atoms with E-state index in [9.17, 15) is 0 Å². The lowest BCUT2D eigenvalue weighted by atomic mass is 9.73. The Labute approximate surface area is 135 Å². The van der Waals surface area contributed by atoms with E-state index in [0.29, 0.717) is 11.4 Å². The molecule has 120 valence electrons. The lowest BCUT2D eigenvalue weighted by Gasteiger charge is -2.48. The van der Waals surface area contributed by atoms with Gasteiger partial charge >= 0.3 is 0 Å². The molecule has 5 heteroatoms. The van der Waals surface area contributed by atoms with Gasteiger partial charge in [0.25, 0.3) is 0 Å². The van der Waals surface area contributed by atoms with Gasteiger partial charge in [0.1, 0.15) is 11.4 Å². The molecule has 2 aliphatic rings. The maximum atomic E-state index is 6.06. The highest BCUT2D eigenvalue weighted by Crippen LogP contribution is 2.48. The zero-order valence-electron chi connectivity index (χ0n) is 13.2. The summed E-state index contributed by atoms with van der Waals surface area (Å²) in [6.45, 7) is 0.796. The van der Waals surface area contributed by atoms with Crippen molar-refractivity contribution >= 4 is 5.69 Å². The van der Waals surface area contributed by atoms with Gasteiger partial charge in [0.2, 0.25) is 0 Å². The standard InChI is InChI=1S/C18H21N3O2/c1-22-17-14(5-4-6-15(17)19)13-11-20-21(12-13)16-7-9-18(16)8-2-3-10-23-18/h2,4-6,8,11-12,16H,3,7,9-10,19H2,1H3/t16-,18-/m1/s1. The smallest absolute Gasteiger partial charge is 0.149 e. The van der Waals surface area contributed by atoms with Crippen molar-refractivity contribution in [1.29, 1.82) is 0 Å². The molecule has 5 nitrogen and oxygen atoms in total. The molecule has 0 radical (unpaired) electrons. The third-order valence-corrected chi connectivity index (χ3v) is 4.91. The van der Waals surface area contributed by atoms with Gasteiger partial charge in [-0.15, -0.1) is 0 Å². The van der Waals surface area contributed by atoms with Crippen LogP contribution in [-0.4, -0.2) is 29.1 Å². The van der Waals surface area contributed by atoms with E-state index < -0.39 is 0 Å². The Morgan fingerprint density at radius 1 is 1.43 bits per heavy atom. The van der Waals surface area contributed by atoms with Crippen molar-refractivity contribution < 1.29 is 9.47 Å². The summed E-state index contributed by atoms with van der Waals surface area (Å²) in [7, 11) is 1.64. The van der Waals surface area contributed by atoms with Crippen molar-refractivity contribution in [2.24, 2.45) is 0 Å². The second kappa shape index (κ2) is 5.42. The Bertz CT molecular complexity index is 752. The molecule has 1 aromatic carbocycles. The Kier molecular flexibility index (Phi) is 3.38. The minimum atomic E-state index is -0.165. The number of ether oxygens (including phenoxy) is 2. The lowest BCUT2D eigenvalue weighted by molar-refractivity contribution is -0.111. The third kappa shape index (κ3) is 2.23. The number of nitrogens with two attached hydrogens (primary N) is 1. The number of hydrogen-bond donors (Lipinski definition) is 1. The van der Waals surface area contributed by atoms with E-state index in [0.717, 1.165) is 37.0 Å². The van der Waals surface area contributed by atoms with Crippen LogP contribution in [0.4, 0.5) is 5.69 Å². The van der Waals surface area contributed by atoms with Gasteiger partial charge in [0.15, 0.2) is 0 Å². The number of anilines is 1. The molecule has 1 spiro atoms. The molecular formula is C18H21N3O2. The van der Waals surface area contributed by atoms with Crippen molar-refractivity contribution in [3.63, 3.8) is 0 Å². The van der Waals surface area contributed by atoms with Crippen LogP contribution in [0.25, 0.3) is 11.1 Å². The van der Waals surface area contributed by atoms with Crippen molar-refractivity contribution in [2.75, 3.05) is 19.5 Å². The number of para-hydroxylation sites is 1. The Morgan fingerprint density at radius 3 is 3.04 bits per heavy atom. The Balaban J connectivity index is 1.67. The highest BCUT2D eigenvalue weighted by atomic mass is 16.5. The van der Waals surface area contributed by atoms with E-state index in [4.69, 9.17) is 15.2 Å². The van der Waals surface area contributed by atoms with Crippen LogP contribution in [-0.2, 0) is 4.74 Å². The van der Waals surface area contributed by atoms with Gasteiger partial charge in [-0.25, -0.2) is 0 Å². The number of aromatic nitrogens is 2. The highest BCUT2D eigenvalue weighted by molar-refractivity contribution is 5.76. The predicted octanol–water partition coefficient (Wildman–Crippen LogP) is 3.19. The summed E-state index contributed by atoms with van der Waals surface area (Å²) in [5.41, 5.74) is 8.45. The SMILES string of the molecule is COc1c(N)cccc1-c1cnn([C@@H]2CC[C@]23C=CCCO3)c1. The van der Waals surface area contributed by atoms with Gasteiger partial charge < -0.3 is 15.2 Å². The van der Waals surface area contributed by atoms with Crippen molar-refractivity contribution in [2.45, 2.75) is 30.9 Å². The zero-order valence-corrected chi connectivity index (χ0v) is 13.2. The number of nitrogens with zero attached hydrogens (tertiary/aromatic N) is 2. The summed E-state index contributed by atoms with van der Waals surface area (Å²) >= 11 is 0. The summed E-state index contributed by atoms with van der Waals surface area (Å²) in [5.74, 6) is 0.698. The average molecular weight is 311 g/mol. The Hall–Kier alpha value is -2.27. The van der Waals surface area contributed by atoms with Gasteiger partial charge in [-0.1, -0.05) is 24.3 Å². The first kappa shape index (κ1) is 14.3. The van der Waals surface area contributed by atoms with Crippen LogP contribution in [0.3, 0.4) is 0 Å². The van der Waals surface area contributed by atoms with E-state index >= 15 is 0 Å². The van der Waals surface area contributed by atoms with Crippen LogP contribution in [0.1, 0.15) is 25.3 Å². The molecule has 0 saturated heterocycles. The molecule has 1 saturated carbocycles. The lowest BCUT2D eigenvalue weighted by Crippen LogP contribution is -2.50. The molecule has 1 aromatic heterocycles. The van der Waals surface area contributed by atoms with Gasteiger partial charge in [0, 0.05) is 17.3 Å². The first-order chi connectivity index (χ1) is 11.2. The largest absolute Gasteiger partial charge is 0.494 e. The third-order valence-electron chi connectivity index (χ3n) is 4.91. The molecule has 2 aromatic rings. The summed E-state index contributed by atoms with van der Waals surface area (Å²) in [6.07, 6.45) is 11.5. The quantitative estimate of drug-likeness (QED) is 0.698. The van der Waals surface area contributed by atoms with Gasteiger partial charge in [0.05, 0.1) is 31.6 Å². The highest BCUT2D eigenvalue weighted by Gasteiger charge is 2.48. The fourth-order valence-corrected chi connectivity index (χ4v) is 3.58. The molecule has 2 atom stereocenters. The summed E-state index contributed by atoms with van der Waals surface area (Å²) in [6, 6.07) is 6.04. The molecule has 1 aliphatic heterocycles. The molecule has 1 aliphatic carbocycles. The van der Waals surface area contributed by atoms with E-state index in [-0.39, 0.29) is 11.6 Å². The zero-order chi connectivity index (χ0) is 15.9. The van der Waals surface area contributed by atoms with Gasteiger partial charge in [-0.05, 0) is 25.3 Å². The molecule has 4 rings (SSSR count). The van der Waals surface area contributed by atoms with Gasteiger partial charge in [-0.3, -0.25) is 4.68 Å². The van der Waals surface area contributed by atoms with Crippen LogP contribution in [0.5, 0.6) is 5.75 Å². The van der Waals surface area contributed by atoms with E-state index in [1.165, 1.54) is 0 Å². The number of methoxy groups -OCH3 is 1. The predicted molar refractivity (Wildman–Crippen MR) is 89.3 cm³/mol. The maximum Gasteiger partial charge on any atom is 0.149 e. The van der Waals surface area contributed by atoms with Crippen LogP contribution in [0.15, 0.2) is 42.7 Å². The van der Waals surface area contributed by atoms with Crippen molar-refractivity contribution in [3.8, 4) is 16.9 Å². The topological polar surface area (TPSA) is 62.3 Å². The molecule has 0 amide bonds. The van der Waals surface area contributed by atoms with Crippen molar-refractivity contribution in [1.82, 2.24) is 9.78 Å². The second-order valence-corrected chi connectivity index (χ2v) is 6.19. The first-order valence-corrected chi connectivity index (χ1v) is 8.02. The van der Waals surface area contributed by atoms with Gasteiger partial charge in [-0.2, -0.15) is 5.10 Å². The monoisotopic (exact) mass is 311 g/mol.